The molecule has 2 atom stereocenters. The molecule has 1 N–H and O–H groups in total. The van der Waals surface area contributed by atoms with Gasteiger partial charge in [-0.15, -0.1) is 0 Å². The minimum absolute atomic E-state index is 0.243. The average molecular weight is 258 g/mol. The molecule has 0 aromatic carbocycles. The highest BCUT2D eigenvalue weighted by atomic mass is 35.5. The maximum atomic E-state index is 6.29. The van der Waals surface area contributed by atoms with Crippen LogP contribution in [0.5, 0.6) is 0 Å². The van der Waals surface area contributed by atoms with E-state index in [1.807, 2.05) is 11.7 Å². The van der Waals surface area contributed by atoms with Gasteiger partial charge in [0, 0.05) is 6.04 Å². The molecule has 0 aliphatic heterocycles. The van der Waals surface area contributed by atoms with Crippen LogP contribution in [0.3, 0.4) is 0 Å². The van der Waals surface area contributed by atoms with Crippen LogP contribution in [0.25, 0.3) is 0 Å². The first-order chi connectivity index (χ1) is 7.90. The van der Waals surface area contributed by atoms with Gasteiger partial charge in [-0.05, 0) is 32.7 Å². The quantitative estimate of drug-likeness (QED) is 0.872. The zero-order valence-corrected chi connectivity index (χ0v) is 12.4. The van der Waals surface area contributed by atoms with Gasteiger partial charge in [-0.25, -0.2) is 0 Å². The second-order valence-corrected chi connectivity index (χ2v) is 5.69. The van der Waals surface area contributed by atoms with Crippen LogP contribution < -0.4 is 5.32 Å². The highest BCUT2D eigenvalue weighted by Gasteiger charge is 2.26. The predicted molar refractivity (Wildman–Crippen MR) is 73.4 cm³/mol. The molecule has 1 aromatic rings. The number of nitrogens with one attached hydrogen (secondary N) is 1. The molecule has 0 aliphatic rings. The largest absolute Gasteiger partial charge is 0.311 e. The van der Waals surface area contributed by atoms with Crippen LogP contribution in [0, 0.1) is 11.8 Å². The third-order valence-electron chi connectivity index (χ3n) is 3.46. The summed E-state index contributed by atoms with van der Waals surface area (Å²) in [5.74, 6) is 1.10. The molecule has 0 saturated heterocycles. The molecule has 0 saturated carbocycles. The minimum Gasteiger partial charge on any atom is -0.311 e. The molecule has 1 aromatic heterocycles. The lowest BCUT2D eigenvalue weighted by Crippen LogP contribution is -2.29. The van der Waals surface area contributed by atoms with E-state index in [2.05, 4.69) is 45.0 Å². The number of hydrogen-bond donors (Lipinski definition) is 1. The van der Waals surface area contributed by atoms with Gasteiger partial charge in [0.1, 0.15) is 0 Å². The van der Waals surface area contributed by atoms with Crippen molar-refractivity contribution in [3.63, 3.8) is 0 Å². The average Bonchev–Trinajstić information content (AvgIpc) is 2.62. The normalized spacial score (nSPS) is 15.6. The second kappa shape index (κ2) is 5.87. The monoisotopic (exact) mass is 257 g/mol. The summed E-state index contributed by atoms with van der Waals surface area (Å²) in [4.78, 5) is 0. The van der Waals surface area contributed by atoms with E-state index < -0.39 is 0 Å². The lowest BCUT2D eigenvalue weighted by molar-refractivity contribution is 0.297. The standard InChI is InChI=1S/C13H24ClN3/c1-8(2)10(5)12(15-6)13-11(14)7-16-17(13)9(3)4/h7-10,12,15H,1-6H3. The Morgan fingerprint density at radius 3 is 2.24 bits per heavy atom. The Labute approximate surface area is 110 Å². The van der Waals surface area contributed by atoms with Crippen LogP contribution in [0.1, 0.15) is 52.4 Å². The minimum atomic E-state index is 0.243. The van der Waals surface area contributed by atoms with Crippen molar-refractivity contribution in [1.29, 1.82) is 0 Å². The van der Waals surface area contributed by atoms with E-state index >= 15 is 0 Å². The van der Waals surface area contributed by atoms with Crippen LogP contribution in [0.2, 0.25) is 5.02 Å². The Kier molecular flexibility index (Phi) is 5.02. The molecule has 4 heteroatoms. The van der Waals surface area contributed by atoms with E-state index in [4.69, 9.17) is 11.6 Å². The molecular weight excluding hydrogens is 234 g/mol. The molecule has 0 spiro atoms. The fourth-order valence-electron chi connectivity index (χ4n) is 2.09. The summed E-state index contributed by atoms with van der Waals surface area (Å²) in [5.41, 5.74) is 1.10. The zero-order chi connectivity index (χ0) is 13.2. The Hall–Kier alpha value is -0.540. The number of halogens is 1. The zero-order valence-electron chi connectivity index (χ0n) is 11.7. The van der Waals surface area contributed by atoms with Crippen molar-refractivity contribution in [2.75, 3.05) is 7.05 Å². The Morgan fingerprint density at radius 1 is 1.24 bits per heavy atom. The first-order valence-corrected chi connectivity index (χ1v) is 6.68. The highest BCUT2D eigenvalue weighted by molar-refractivity contribution is 6.31. The highest BCUT2D eigenvalue weighted by Crippen LogP contribution is 2.33. The lowest BCUT2D eigenvalue weighted by Gasteiger charge is -2.28. The van der Waals surface area contributed by atoms with E-state index in [0.717, 1.165) is 10.7 Å². The van der Waals surface area contributed by atoms with Crippen molar-refractivity contribution >= 4 is 11.6 Å². The molecular formula is C13H24ClN3. The summed E-state index contributed by atoms with van der Waals surface area (Å²) >= 11 is 6.29. The second-order valence-electron chi connectivity index (χ2n) is 5.29. The van der Waals surface area contributed by atoms with E-state index in [-0.39, 0.29) is 6.04 Å². The van der Waals surface area contributed by atoms with Crippen molar-refractivity contribution in [3.05, 3.63) is 16.9 Å². The summed E-state index contributed by atoms with van der Waals surface area (Å²) < 4.78 is 2.02. The van der Waals surface area contributed by atoms with E-state index in [0.29, 0.717) is 17.9 Å². The van der Waals surface area contributed by atoms with Gasteiger partial charge in [0.15, 0.2) is 0 Å². The predicted octanol–water partition coefficient (Wildman–Crippen LogP) is 3.67. The number of rotatable bonds is 5. The SMILES string of the molecule is CNC(c1c(Cl)cnn1C(C)C)C(C)C(C)C. The van der Waals surface area contributed by atoms with Crippen LogP contribution in [-0.2, 0) is 0 Å². The van der Waals surface area contributed by atoms with E-state index in [9.17, 15) is 0 Å². The third-order valence-corrected chi connectivity index (χ3v) is 3.75. The molecule has 1 rings (SSSR count). The molecule has 0 radical (unpaired) electrons. The van der Waals surface area contributed by atoms with Gasteiger partial charge in [-0.3, -0.25) is 4.68 Å². The van der Waals surface area contributed by atoms with Gasteiger partial charge in [-0.1, -0.05) is 32.4 Å². The van der Waals surface area contributed by atoms with Gasteiger partial charge in [0.25, 0.3) is 0 Å². The number of aromatic nitrogens is 2. The maximum Gasteiger partial charge on any atom is 0.0834 e. The van der Waals surface area contributed by atoms with E-state index in [1.54, 1.807) is 6.20 Å². The molecule has 3 nitrogen and oxygen atoms in total. The van der Waals surface area contributed by atoms with Crippen molar-refractivity contribution in [3.8, 4) is 0 Å². The summed E-state index contributed by atoms with van der Waals surface area (Å²) in [5, 5.41) is 8.50. The third kappa shape index (κ3) is 3.02. The van der Waals surface area contributed by atoms with Crippen molar-refractivity contribution in [1.82, 2.24) is 15.1 Å². The molecule has 2 unspecified atom stereocenters. The van der Waals surface area contributed by atoms with Gasteiger partial charge in [0.05, 0.1) is 23.0 Å². The summed E-state index contributed by atoms with van der Waals surface area (Å²) in [6.45, 7) is 11.0. The van der Waals surface area contributed by atoms with Gasteiger partial charge >= 0.3 is 0 Å². The fraction of sp³-hybridized carbons (Fsp3) is 0.769. The summed E-state index contributed by atoms with van der Waals surface area (Å²) in [6.07, 6.45) is 1.74. The Balaban J connectivity index is 3.15. The first kappa shape index (κ1) is 14.5. The van der Waals surface area contributed by atoms with Crippen LogP contribution in [-0.4, -0.2) is 16.8 Å². The van der Waals surface area contributed by atoms with E-state index in [1.165, 1.54) is 0 Å². The molecule has 0 fully saturated rings. The summed E-state index contributed by atoms with van der Waals surface area (Å²) in [6, 6.07) is 0.570. The van der Waals surface area contributed by atoms with Gasteiger partial charge < -0.3 is 5.32 Å². The summed E-state index contributed by atoms with van der Waals surface area (Å²) in [7, 11) is 1.98. The molecule has 0 bridgehead atoms. The molecule has 17 heavy (non-hydrogen) atoms. The van der Waals surface area contributed by atoms with Crippen molar-refractivity contribution in [2.45, 2.75) is 46.7 Å². The van der Waals surface area contributed by atoms with Gasteiger partial charge in [0.2, 0.25) is 0 Å². The van der Waals surface area contributed by atoms with Crippen molar-refractivity contribution in [2.24, 2.45) is 11.8 Å². The van der Waals surface area contributed by atoms with Crippen LogP contribution in [0.4, 0.5) is 0 Å². The Morgan fingerprint density at radius 2 is 1.82 bits per heavy atom. The lowest BCUT2D eigenvalue weighted by atomic mass is 9.88. The Bertz CT molecular complexity index is 358. The molecule has 0 aliphatic carbocycles. The van der Waals surface area contributed by atoms with Crippen LogP contribution in [0.15, 0.2) is 6.20 Å². The topological polar surface area (TPSA) is 29.9 Å². The van der Waals surface area contributed by atoms with Crippen LogP contribution >= 0.6 is 11.6 Å². The first-order valence-electron chi connectivity index (χ1n) is 6.30. The smallest absolute Gasteiger partial charge is 0.0834 e. The fourth-order valence-corrected chi connectivity index (χ4v) is 2.33. The maximum absolute atomic E-state index is 6.29. The number of hydrogen-bond acceptors (Lipinski definition) is 2. The van der Waals surface area contributed by atoms with Gasteiger partial charge in [-0.2, -0.15) is 5.10 Å². The molecule has 0 amide bonds. The molecule has 98 valence electrons. The van der Waals surface area contributed by atoms with Crippen molar-refractivity contribution < 1.29 is 0 Å². The molecule has 1 heterocycles. The number of nitrogens with zero attached hydrogens (tertiary/aromatic N) is 2.